The van der Waals surface area contributed by atoms with E-state index in [1.165, 1.54) is 23.6 Å². The molecule has 1 N–H and O–H groups in total. The van der Waals surface area contributed by atoms with Gasteiger partial charge in [-0.2, -0.15) is 5.10 Å². The van der Waals surface area contributed by atoms with Crippen molar-refractivity contribution < 1.29 is 19.4 Å². The Balaban J connectivity index is 1.68. The Kier molecular flexibility index (Phi) is 5.90. The molecule has 0 spiro atoms. The molecule has 0 bridgehead atoms. The number of nitro benzene ring substituents is 2. The van der Waals surface area contributed by atoms with Crippen LogP contribution >= 0.6 is 11.3 Å². The maximum atomic E-state index is 11.8. The molecular formula is C18H12N4O6S. The Morgan fingerprint density at radius 3 is 2.45 bits per heavy atom. The topological polar surface area (TPSA) is 137 Å². The first-order valence-corrected chi connectivity index (χ1v) is 8.89. The summed E-state index contributed by atoms with van der Waals surface area (Å²) in [5, 5.41) is 27.6. The minimum Gasteiger partial charge on any atom is -0.450 e. The second-order valence-corrected chi connectivity index (χ2v) is 6.46. The highest BCUT2D eigenvalue weighted by Gasteiger charge is 2.21. The summed E-state index contributed by atoms with van der Waals surface area (Å²) in [7, 11) is 0. The third-order valence-electron chi connectivity index (χ3n) is 3.58. The number of nitrogens with zero attached hydrogens (tertiary/aromatic N) is 3. The fraction of sp³-hybridized carbons (Fsp3) is 0. The van der Waals surface area contributed by atoms with E-state index in [1.807, 2.05) is 0 Å². The smallest absolute Gasteiger partial charge is 0.318 e. The third-order valence-corrected chi connectivity index (χ3v) is 4.45. The molecule has 3 rings (SSSR count). The second kappa shape index (κ2) is 8.71. The Morgan fingerprint density at radius 1 is 1.07 bits per heavy atom. The predicted octanol–water partition coefficient (Wildman–Crippen LogP) is 4.12. The van der Waals surface area contributed by atoms with Gasteiger partial charge in [0.05, 0.1) is 27.0 Å². The van der Waals surface area contributed by atoms with E-state index < -0.39 is 21.2 Å². The number of thiophene rings is 1. The lowest BCUT2D eigenvalue weighted by molar-refractivity contribution is -0.394. The van der Waals surface area contributed by atoms with Crippen molar-refractivity contribution in [2.75, 3.05) is 0 Å². The normalized spacial score (nSPS) is 10.6. The lowest BCUT2D eigenvalue weighted by Crippen LogP contribution is -2.16. The molecule has 1 aromatic heterocycles. The van der Waals surface area contributed by atoms with Crippen molar-refractivity contribution in [2.24, 2.45) is 5.10 Å². The largest absolute Gasteiger partial charge is 0.450 e. The quantitative estimate of drug-likeness (QED) is 0.352. The van der Waals surface area contributed by atoms with Crippen molar-refractivity contribution in [2.45, 2.75) is 0 Å². The van der Waals surface area contributed by atoms with Gasteiger partial charge in [-0.15, -0.1) is 11.3 Å². The van der Waals surface area contributed by atoms with Crippen molar-refractivity contribution in [1.82, 2.24) is 5.43 Å². The standard InChI is InChI=1S/C18H12N4O6S/c23-18(17-2-1-9-29-17)20-19-11-12-3-6-14(7-4-12)28-16-8-5-13(21(24)25)10-15(16)22(26)27/h1-11H,(H,20,23)/b19-11-. The van der Waals surface area contributed by atoms with E-state index >= 15 is 0 Å². The number of benzene rings is 2. The summed E-state index contributed by atoms with van der Waals surface area (Å²) in [4.78, 5) is 32.8. The molecule has 1 heterocycles. The van der Waals surface area contributed by atoms with Crippen LogP contribution in [0.15, 0.2) is 65.1 Å². The van der Waals surface area contributed by atoms with Gasteiger partial charge in [-0.25, -0.2) is 5.43 Å². The van der Waals surface area contributed by atoms with Crippen molar-refractivity contribution in [3.63, 3.8) is 0 Å². The third kappa shape index (κ3) is 4.99. The summed E-state index contributed by atoms with van der Waals surface area (Å²) < 4.78 is 5.48. The van der Waals surface area contributed by atoms with Gasteiger partial charge >= 0.3 is 5.69 Å². The fourth-order valence-electron chi connectivity index (χ4n) is 2.23. The van der Waals surface area contributed by atoms with Gasteiger partial charge in [-0.1, -0.05) is 6.07 Å². The van der Waals surface area contributed by atoms with Gasteiger partial charge < -0.3 is 4.74 Å². The van der Waals surface area contributed by atoms with E-state index in [-0.39, 0.29) is 11.7 Å². The first kappa shape index (κ1) is 19.6. The maximum absolute atomic E-state index is 11.8. The van der Waals surface area contributed by atoms with E-state index in [2.05, 4.69) is 10.5 Å². The molecular weight excluding hydrogens is 400 g/mol. The molecule has 11 heteroatoms. The van der Waals surface area contributed by atoms with Gasteiger partial charge in [0.1, 0.15) is 5.75 Å². The van der Waals surface area contributed by atoms with E-state index in [0.717, 1.165) is 12.1 Å². The number of hydrogen-bond acceptors (Lipinski definition) is 8. The van der Waals surface area contributed by atoms with Crippen molar-refractivity contribution >= 4 is 34.8 Å². The molecule has 29 heavy (non-hydrogen) atoms. The monoisotopic (exact) mass is 412 g/mol. The number of carbonyl (C=O) groups is 1. The molecule has 0 aliphatic heterocycles. The first-order chi connectivity index (χ1) is 13.9. The molecule has 10 nitrogen and oxygen atoms in total. The summed E-state index contributed by atoms with van der Waals surface area (Å²) in [6, 6.07) is 12.9. The minimum atomic E-state index is -0.750. The van der Waals surface area contributed by atoms with E-state index in [9.17, 15) is 25.0 Å². The van der Waals surface area contributed by atoms with Gasteiger partial charge in [0.15, 0.2) is 0 Å². The Labute approximate surface area is 167 Å². The minimum absolute atomic E-state index is 0.120. The summed E-state index contributed by atoms with van der Waals surface area (Å²) in [6.45, 7) is 0. The highest BCUT2D eigenvalue weighted by Crippen LogP contribution is 2.34. The molecule has 2 aromatic carbocycles. The van der Waals surface area contributed by atoms with Crippen LogP contribution in [0.3, 0.4) is 0 Å². The van der Waals surface area contributed by atoms with Crippen molar-refractivity contribution in [3.8, 4) is 11.5 Å². The van der Waals surface area contributed by atoms with Crippen LogP contribution in [-0.4, -0.2) is 22.0 Å². The molecule has 0 radical (unpaired) electrons. The van der Waals surface area contributed by atoms with Gasteiger partial charge in [0.25, 0.3) is 11.6 Å². The lowest BCUT2D eigenvalue weighted by Gasteiger charge is -2.06. The number of nitrogens with one attached hydrogen (secondary N) is 1. The van der Waals surface area contributed by atoms with Crippen molar-refractivity contribution in [3.05, 3.63) is 90.6 Å². The highest BCUT2D eigenvalue weighted by molar-refractivity contribution is 7.12. The van der Waals surface area contributed by atoms with Crippen LogP contribution < -0.4 is 10.2 Å². The first-order valence-electron chi connectivity index (χ1n) is 8.01. The Morgan fingerprint density at radius 2 is 1.83 bits per heavy atom. The van der Waals surface area contributed by atoms with Crippen LogP contribution in [0.4, 0.5) is 11.4 Å². The van der Waals surface area contributed by atoms with Gasteiger partial charge in [0, 0.05) is 6.07 Å². The van der Waals surface area contributed by atoms with Crippen LogP contribution in [0.1, 0.15) is 15.2 Å². The van der Waals surface area contributed by atoms with Crippen molar-refractivity contribution in [1.29, 1.82) is 0 Å². The second-order valence-electron chi connectivity index (χ2n) is 5.51. The van der Waals surface area contributed by atoms with Gasteiger partial charge in [-0.05, 0) is 47.3 Å². The van der Waals surface area contributed by atoms with Crippen LogP contribution in [0.5, 0.6) is 11.5 Å². The number of non-ortho nitro benzene ring substituents is 1. The summed E-state index contributed by atoms with van der Waals surface area (Å²) >= 11 is 1.30. The summed E-state index contributed by atoms with van der Waals surface area (Å²) in [6.07, 6.45) is 1.43. The summed E-state index contributed by atoms with van der Waals surface area (Å²) in [5.74, 6) is -0.145. The molecule has 3 aromatic rings. The zero-order valence-electron chi connectivity index (χ0n) is 14.6. The molecule has 0 aliphatic rings. The van der Waals surface area contributed by atoms with Crippen LogP contribution in [0.25, 0.3) is 0 Å². The summed E-state index contributed by atoms with van der Waals surface area (Å²) in [5.41, 5.74) is 2.14. The number of hydrogen-bond donors (Lipinski definition) is 1. The molecule has 1 amide bonds. The Hall–Kier alpha value is -4.12. The number of ether oxygens (including phenoxy) is 1. The van der Waals surface area contributed by atoms with Crippen LogP contribution in [0.2, 0.25) is 0 Å². The fourth-order valence-corrected chi connectivity index (χ4v) is 2.84. The molecule has 0 unspecified atom stereocenters. The zero-order chi connectivity index (χ0) is 20.8. The molecule has 0 saturated heterocycles. The van der Waals surface area contributed by atoms with Crippen LogP contribution in [0, 0.1) is 20.2 Å². The number of amides is 1. The number of carbonyl (C=O) groups excluding carboxylic acids is 1. The number of rotatable bonds is 7. The molecule has 0 fully saturated rings. The lowest BCUT2D eigenvalue weighted by atomic mass is 10.2. The zero-order valence-corrected chi connectivity index (χ0v) is 15.4. The highest BCUT2D eigenvalue weighted by atomic mass is 32.1. The predicted molar refractivity (Wildman–Crippen MR) is 106 cm³/mol. The Bertz CT molecular complexity index is 1080. The SMILES string of the molecule is O=C(N/N=C\c1ccc(Oc2ccc([N+](=O)[O-])cc2[N+](=O)[O-])cc1)c1cccs1. The molecule has 0 saturated carbocycles. The maximum Gasteiger partial charge on any atom is 0.318 e. The average Bonchev–Trinajstić information content (AvgIpc) is 3.24. The van der Waals surface area contributed by atoms with Gasteiger partial charge in [-0.3, -0.25) is 25.0 Å². The average molecular weight is 412 g/mol. The van der Waals surface area contributed by atoms with Crippen LogP contribution in [-0.2, 0) is 0 Å². The molecule has 0 aliphatic carbocycles. The molecule has 146 valence electrons. The van der Waals surface area contributed by atoms with E-state index in [4.69, 9.17) is 4.74 Å². The van der Waals surface area contributed by atoms with Gasteiger partial charge in [0.2, 0.25) is 5.75 Å². The number of hydrazone groups is 1. The van der Waals surface area contributed by atoms with E-state index in [0.29, 0.717) is 16.2 Å². The number of nitro groups is 2. The molecule has 0 atom stereocenters. The van der Waals surface area contributed by atoms with E-state index in [1.54, 1.807) is 41.8 Å².